The van der Waals surface area contributed by atoms with Crippen LogP contribution in [0.4, 0.5) is 0 Å². The molecule has 9 nitrogen and oxygen atoms in total. The monoisotopic (exact) mass is 346 g/mol. The summed E-state index contributed by atoms with van der Waals surface area (Å²) < 4.78 is 7.17. The molecular formula is C12H10N8OS2. The van der Waals surface area contributed by atoms with E-state index in [9.17, 15) is 0 Å². The third-order valence-electron chi connectivity index (χ3n) is 2.82. The van der Waals surface area contributed by atoms with E-state index >= 15 is 0 Å². The van der Waals surface area contributed by atoms with Gasteiger partial charge in [0.1, 0.15) is 25.0 Å². The molecule has 4 aromatic heterocycles. The molecule has 0 bridgehead atoms. The topological polar surface area (TPSA) is 111 Å². The summed E-state index contributed by atoms with van der Waals surface area (Å²) in [4.78, 5) is 9.34. The number of nitrogens with zero attached hydrogens (tertiary/aromatic N) is 7. The Bertz CT molecular complexity index is 867. The molecule has 11 heteroatoms. The maximum Gasteiger partial charge on any atom is 0.277 e. The molecule has 23 heavy (non-hydrogen) atoms. The van der Waals surface area contributed by atoms with Crippen molar-refractivity contribution in [2.45, 2.75) is 17.5 Å². The highest BCUT2D eigenvalue weighted by atomic mass is 32.2. The molecule has 4 rings (SSSR count). The zero-order valence-electron chi connectivity index (χ0n) is 11.7. The number of rotatable bonds is 6. The molecule has 0 aliphatic carbocycles. The van der Waals surface area contributed by atoms with Gasteiger partial charge in [-0.15, -0.1) is 21.5 Å². The van der Waals surface area contributed by atoms with E-state index in [2.05, 4.69) is 35.5 Å². The van der Waals surface area contributed by atoms with Crippen LogP contribution in [0.2, 0.25) is 0 Å². The number of hydrogen-bond donors (Lipinski definition) is 1. The standard InChI is InChI=1S/C12H10N8OS2/c1-2-8(22-3-1)11-15-9(16-18-11)5-23-12-19-17-10(21-12)4-20-7-13-6-14-20/h1-3,6-7H,4-5H2,(H,15,16,18). The second kappa shape index (κ2) is 6.30. The number of thiophene rings is 1. The van der Waals surface area contributed by atoms with E-state index in [1.165, 1.54) is 18.1 Å². The average Bonchev–Trinajstić information content (AvgIpc) is 3.33. The second-order valence-corrected chi connectivity index (χ2v) is 6.30. The lowest BCUT2D eigenvalue weighted by Gasteiger charge is -1.93. The van der Waals surface area contributed by atoms with Crippen LogP contribution in [0, 0.1) is 0 Å². The third kappa shape index (κ3) is 3.29. The Balaban J connectivity index is 1.37. The van der Waals surface area contributed by atoms with Crippen molar-refractivity contribution in [2.24, 2.45) is 0 Å². The molecule has 0 aromatic carbocycles. The summed E-state index contributed by atoms with van der Waals surface area (Å²) in [7, 11) is 0. The molecule has 4 heterocycles. The number of nitrogens with one attached hydrogen (secondary N) is 1. The van der Waals surface area contributed by atoms with Crippen LogP contribution in [-0.2, 0) is 12.3 Å². The predicted octanol–water partition coefficient (Wildman–Crippen LogP) is 1.85. The van der Waals surface area contributed by atoms with Gasteiger partial charge in [0, 0.05) is 0 Å². The van der Waals surface area contributed by atoms with Crippen molar-refractivity contribution in [1.29, 1.82) is 0 Å². The van der Waals surface area contributed by atoms with Gasteiger partial charge in [-0.3, -0.25) is 5.10 Å². The van der Waals surface area contributed by atoms with Crippen LogP contribution in [0.1, 0.15) is 11.7 Å². The van der Waals surface area contributed by atoms with Crippen LogP contribution in [0.5, 0.6) is 0 Å². The highest BCUT2D eigenvalue weighted by molar-refractivity contribution is 7.98. The summed E-state index contributed by atoms with van der Waals surface area (Å²) in [5, 5.41) is 21.6. The van der Waals surface area contributed by atoms with Crippen LogP contribution in [0.25, 0.3) is 10.7 Å². The zero-order valence-corrected chi connectivity index (χ0v) is 13.3. The predicted molar refractivity (Wildman–Crippen MR) is 82.7 cm³/mol. The van der Waals surface area contributed by atoms with Gasteiger partial charge in [-0.25, -0.2) is 14.6 Å². The number of H-pyrrole nitrogens is 1. The van der Waals surface area contributed by atoms with E-state index in [0.717, 1.165) is 10.7 Å². The first-order chi connectivity index (χ1) is 11.4. The lowest BCUT2D eigenvalue weighted by atomic mass is 10.4. The molecule has 0 saturated carbocycles. The van der Waals surface area contributed by atoms with Crippen molar-refractivity contribution < 1.29 is 4.42 Å². The number of thioether (sulfide) groups is 1. The van der Waals surface area contributed by atoms with Crippen molar-refractivity contribution in [2.75, 3.05) is 0 Å². The highest BCUT2D eigenvalue weighted by Crippen LogP contribution is 2.23. The van der Waals surface area contributed by atoms with Gasteiger partial charge in [-0.05, 0) is 11.4 Å². The van der Waals surface area contributed by atoms with Gasteiger partial charge in [-0.2, -0.15) is 10.2 Å². The summed E-state index contributed by atoms with van der Waals surface area (Å²) in [5.74, 6) is 2.51. The molecule has 0 aliphatic rings. The lowest BCUT2D eigenvalue weighted by molar-refractivity contribution is 0.397. The number of aromatic nitrogens is 8. The number of aromatic amines is 1. The Kier molecular flexibility index (Phi) is 3.86. The van der Waals surface area contributed by atoms with E-state index in [4.69, 9.17) is 4.42 Å². The minimum atomic E-state index is 0.401. The third-order valence-corrected chi connectivity index (χ3v) is 4.51. The molecule has 0 unspecified atom stereocenters. The van der Waals surface area contributed by atoms with Crippen molar-refractivity contribution in [3.05, 3.63) is 41.9 Å². The zero-order chi connectivity index (χ0) is 15.5. The summed E-state index contributed by atoms with van der Waals surface area (Å²) in [6, 6.07) is 3.96. The maximum atomic E-state index is 5.55. The molecule has 4 aromatic rings. The van der Waals surface area contributed by atoms with Gasteiger partial charge in [0.15, 0.2) is 5.82 Å². The molecule has 0 aliphatic heterocycles. The first-order valence-corrected chi connectivity index (χ1v) is 8.46. The van der Waals surface area contributed by atoms with Gasteiger partial charge in [0.2, 0.25) is 5.89 Å². The first-order valence-electron chi connectivity index (χ1n) is 6.59. The quantitative estimate of drug-likeness (QED) is 0.527. The van der Waals surface area contributed by atoms with Gasteiger partial charge in [-0.1, -0.05) is 17.8 Å². The normalized spacial score (nSPS) is 11.1. The Morgan fingerprint density at radius 2 is 2.35 bits per heavy atom. The van der Waals surface area contributed by atoms with Crippen molar-refractivity contribution in [3.63, 3.8) is 0 Å². The van der Waals surface area contributed by atoms with Crippen molar-refractivity contribution in [1.82, 2.24) is 40.1 Å². The fraction of sp³-hybridized carbons (Fsp3) is 0.167. The SMILES string of the molecule is c1csc(-c2n[nH]c(CSc3nnc(Cn4cncn4)o3)n2)c1. The van der Waals surface area contributed by atoms with E-state index in [0.29, 0.717) is 29.2 Å². The fourth-order valence-corrected chi connectivity index (χ4v) is 3.12. The van der Waals surface area contributed by atoms with Crippen molar-refractivity contribution >= 4 is 23.1 Å². The Morgan fingerprint density at radius 1 is 1.35 bits per heavy atom. The van der Waals surface area contributed by atoms with E-state index in [1.807, 2.05) is 17.5 Å². The summed E-state index contributed by atoms with van der Waals surface area (Å²) in [6.45, 7) is 0.401. The maximum absolute atomic E-state index is 5.55. The van der Waals surface area contributed by atoms with Gasteiger partial charge in [0.05, 0.1) is 10.6 Å². The molecule has 1 N–H and O–H groups in total. The molecule has 0 fully saturated rings. The molecular weight excluding hydrogens is 336 g/mol. The first kappa shape index (κ1) is 14.1. The summed E-state index contributed by atoms with van der Waals surface area (Å²) >= 11 is 3.00. The summed E-state index contributed by atoms with van der Waals surface area (Å²) in [5.41, 5.74) is 0. The minimum Gasteiger partial charge on any atom is -0.414 e. The van der Waals surface area contributed by atoms with E-state index in [-0.39, 0.29) is 0 Å². The van der Waals surface area contributed by atoms with Crippen molar-refractivity contribution in [3.8, 4) is 10.7 Å². The average molecular weight is 346 g/mol. The second-order valence-electron chi connectivity index (χ2n) is 4.43. The lowest BCUT2D eigenvalue weighted by Crippen LogP contribution is -1.99. The van der Waals surface area contributed by atoms with Crippen LogP contribution in [-0.4, -0.2) is 40.1 Å². The van der Waals surface area contributed by atoms with Crippen LogP contribution < -0.4 is 0 Å². The van der Waals surface area contributed by atoms with Crippen LogP contribution in [0.3, 0.4) is 0 Å². The minimum absolute atomic E-state index is 0.401. The molecule has 0 radical (unpaired) electrons. The molecule has 116 valence electrons. The molecule has 0 saturated heterocycles. The van der Waals surface area contributed by atoms with E-state index < -0.39 is 0 Å². The smallest absolute Gasteiger partial charge is 0.277 e. The van der Waals surface area contributed by atoms with Gasteiger partial charge < -0.3 is 4.42 Å². The van der Waals surface area contributed by atoms with Crippen LogP contribution in [0.15, 0.2) is 39.8 Å². The van der Waals surface area contributed by atoms with Gasteiger partial charge >= 0.3 is 0 Å². The molecule has 0 amide bonds. The Labute approximate surface area is 138 Å². The van der Waals surface area contributed by atoms with Crippen LogP contribution >= 0.6 is 23.1 Å². The molecule has 0 atom stereocenters. The summed E-state index contributed by atoms with van der Waals surface area (Å²) in [6.07, 6.45) is 3.05. The Hall–Kier alpha value is -2.53. The highest BCUT2D eigenvalue weighted by Gasteiger charge is 2.11. The Morgan fingerprint density at radius 3 is 3.17 bits per heavy atom. The fourth-order valence-electron chi connectivity index (χ4n) is 1.82. The number of hydrogen-bond acceptors (Lipinski definition) is 9. The van der Waals surface area contributed by atoms with Gasteiger partial charge in [0.25, 0.3) is 5.22 Å². The largest absolute Gasteiger partial charge is 0.414 e. The molecule has 0 spiro atoms. The van der Waals surface area contributed by atoms with E-state index in [1.54, 1.807) is 22.3 Å².